The fourth-order valence-corrected chi connectivity index (χ4v) is 2.09. The quantitative estimate of drug-likeness (QED) is 0.722. The van der Waals surface area contributed by atoms with E-state index in [-0.39, 0.29) is 12.4 Å². The van der Waals surface area contributed by atoms with Crippen LogP contribution in [0.25, 0.3) is 0 Å². The molecule has 88 valence electrons. The molecule has 0 atom stereocenters. The van der Waals surface area contributed by atoms with Crippen LogP contribution in [0.1, 0.15) is 5.56 Å². The maximum absolute atomic E-state index is 13.0. The Morgan fingerprint density at radius 1 is 1.18 bits per heavy atom. The fraction of sp³-hybridized carbons (Fsp3) is 0.0769. The average molecular weight is 363 g/mol. The van der Waals surface area contributed by atoms with Crippen molar-refractivity contribution in [1.82, 2.24) is 0 Å². The van der Waals surface area contributed by atoms with Gasteiger partial charge >= 0.3 is 0 Å². The molecule has 0 N–H and O–H groups in total. The number of benzene rings is 2. The molecule has 0 bridgehead atoms. The predicted molar refractivity (Wildman–Crippen MR) is 74.9 cm³/mol. The highest BCUT2D eigenvalue weighted by Crippen LogP contribution is 2.23. The van der Waals surface area contributed by atoms with Crippen molar-refractivity contribution in [3.63, 3.8) is 0 Å². The summed E-state index contributed by atoms with van der Waals surface area (Å²) >= 11 is 8.14. The average Bonchev–Trinajstić information content (AvgIpc) is 2.32. The lowest BCUT2D eigenvalue weighted by atomic mass is 10.2. The summed E-state index contributed by atoms with van der Waals surface area (Å²) in [5.74, 6) is 0.462. The summed E-state index contributed by atoms with van der Waals surface area (Å²) in [6, 6.07) is 11.9. The maximum Gasteiger partial charge on any atom is 0.133 e. The van der Waals surface area contributed by atoms with E-state index in [1.54, 1.807) is 0 Å². The third-order valence-electron chi connectivity index (χ3n) is 2.23. The molecule has 0 aromatic heterocycles. The van der Waals surface area contributed by atoms with Crippen molar-refractivity contribution >= 4 is 34.2 Å². The second-order valence-corrected chi connectivity index (χ2v) is 5.02. The van der Waals surface area contributed by atoms with Gasteiger partial charge in [-0.2, -0.15) is 0 Å². The van der Waals surface area contributed by atoms with Crippen LogP contribution in [-0.4, -0.2) is 0 Å². The van der Waals surface area contributed by atoms with Gasteiger partial charge in [0.1, 0.15) is 18.2 Å². The molecule has 0 spiro atoms. The van der Waals surface area contributed by atoms with E-state index >= 15 is 0 Å². The first-order valence-electron chi connectivity index (χ1n) is 4.98. The molecule has 0 aliphatic rings. The first kappa shape index (κ1) is 12.6. The van der Waals surface area contributed by atoms with Crippen molar-refractivity contribution in [2.24, 2.45) is 0 Å². The number of hydrogen-bond donors (Lipinski definition) is 0. The highest BCUT2D eigenvalue weighted by atomic mass is 127. The largest absolute Gasteiger partial charge is 0.488 e. The Bertz CT molecular complexity index is 531. The molecule has 0 saturated carbocycles. The Hall–Kier alpha value is -0.810. The molecule has 0 unspecified atom stereocenters. The van der Waals surface area contributed by atoms with Crippen LogP contribution < -0.4 is 4.74 Å². The number of ether oxygens (including phenoxy) is 1. The van der Waals surface area contributed by atoms with Crippen molar-refractivity contribution in [2.75, 3.05) is 0 Å². The Labute approximate surface area is 118 Å². The molecule has 0 radical (unpaired) electrons. The van der Waals surface area contributed by atoms with E-state index in [4.69, 9.17) is 16.3 Å². The van der Waals surface area contributed by atoms with Crippen LogP contribution in [-0.2, 0) is 6.61 Å². The van der Waals surface area contributed by atoms with Crippen molar-refractivity contribution in [3.05, 3.63) is 62.4 Å². The van der Waals surface area contributed by atoms with E-state index in [0.29, 0.717) is 10.6 Å². The third-order valence-corrected chi connectivity index (χ3v) is 3.49. The second-order valence-electron chi connectivity index (χ2n) is 3.45. The Morgan fingerprint density at radius 2 is 1.94 bits per heavy atom. The van der Waals surface area contributed by atoms with Gasteiger partial charge < -0.3 is 4.74 Å². The van der Waals surface area contributed by atoms with Gasteiger partial charge in [0, 0.05) is 10.6 Å². The monoisotopic (exact) mass is 362 g/mol. The molecule has 2 rings (SSSR count). The van der Waals surface area contributed by atoms with Gasteiger partial charge in [0.15, 0.2) is 0 Å². The molecule has 2 aromatic rings. The van der Waals surface area contributed by atoms with E-state index in [0.717, 1.165) is 9.32 Å². The predicted octanol–water partition coefficient (Wildman–Crippen LogP) is 4.66. The summed E-state index contributed by atoms with van der Waals surface area (Å²) in [4.78, 5) is 0. The minimum atomic E-state index is -0.309. The standard InChI is InChI=1S/C13H9ClFIO/c14-11-6-5-10(15)7-9(11)8-17-13-4-2-1-3-12(13)16/h1-7H,8H2. The van der Waals surface area contributed by atoms with Crippen molar-refractivity contribution in [1.29, 1.82) is 0 Å². The molecule has 0 fully saturated rings. The van der Waals surface area contributed by atoms with Gasteiger partial charge in [0.25, 0.3) is 0 Å². The molecule has 2 aromatic carbocycles. The maximum atomic E-state index is 13.0. The van der Waals surface area contributed by atoms with Gasteiger partial charge in [-0.1, -0.05) is 23.7 Å². The van der Waals surface area contributed by atoms with Crippen LogP contribution in [0.4, 0.5) is 4.39 Å². The van der Waals surface area contributed by atoms with Gasteiger partial charge in [-0.05, 0) is 52.9 Å². The Kier molecular flexibility index (Phi) is 4.23. The second kappa shape index (κ2) is 5.69. The van der Waals surface area contributed by atoms with Crippen molar-refractivity contribution < 1.29 is 9.13 Å². The van der Waals surface area contributed by atoms with Crippen LogP contribution in [0.2, 0.25) is 5.02 Å². The van der Waals surface area contributed by atoms with Crippen LogP contribution in [0.5, 0.6) is 5.75 Å². The SMILES string of the molecule is Fc1ccc(Cl)c(COc2ccccc2I)c1. The zero-order valence-electron chi connectivity index (χ0n) is 8.79. The summed E-state index contributed by atoms with van der Waals surface area (Å²) in [6.45, 7) is 0.261. The normalized spacial score (nSPS) is 10.3. The zero-order valence-corrected chi connectivity index (χ0v) is 11.7. The molecule has 0 saturated heterocycles. The molecular formula is C13H9ClFIO. The number of hydrogen-bond acceptors (Lipinski definition) is 1. The van der Waals surface area contributed by atoms with E-state index in [1.807, 2.05) is 24.3 Å². The van der Waals surface area contributed by atoms with Gasteiger partial charge in [0.05, 0.1) is 3.57 Å². The van der Waals surface area contributed by atoms with Gasteiger partial charge in [-0.25, -0.2) is 4.39 Å². The Balaban J connectivity index is 2.12. The first-order chi connectivity index (χ1) is 8.16. The van der Waals surface area contributed by atoms with Crippen molar-refractivity contribution in [2.45, 2.75) is 6.61 Å². The highest BCUT2D eigenvalue weighted by Gasteiger charge is 2.04. The number of para-hydroxylation sites is 1. The topological polar surface area (TPSA) is 9.23 Å². The van der Waals surface area contributed by atoms with Crippen LogP contribution in [0.15, 0.2) is 42.5 Å². The smallest absolute Gasteiger partial charge is 0.133 e. The summed E-state index contributed by atoms with van der Waals surface area (Å²) in [5, 5.41) is 0.511. The highest BCUT2D eigenvalue weighted by molar-refractivity contribution is 14.1. The minimum Gasteiger partial charge on any atom is -0.488 e. The number of halogens is 3. The summed E-state index contributed by atoms with van der Waals surface area (Å²) in [6.07, 6.45) is 0. The van der Waals surface area contributed by atoms with Crippen LogP contribution in [0, 0.1) is 9.39 Å². The van der Waals surface area contributed by atoms with Crippen LogP contribution >= 0.6 is 34.2 Å². The molecule has 1 nitrogen and oxygen atoms in total. The minimum absolute atomic E-state index is 0.261. The summed E-state index contributed by atoms with van der Waals surface area (Å²) in [7, 11) is 0. The molecule has 17 heavy (non-hydrogen) atoms. The van der Waals surface area contributed by atoms with E-state index in [9.17, 15) is 4.39 Å². The molecule has 0 aliphatic heterocycles. The summed E-state index contributed by atoms with van der Waals surface area (Å²) in [5.41, 5.74) is 0.645. The van der Waals surface area contributed by atoms with E-state index in [2.05, 4.69) is 22.6 Å². The van der Waals surface area contributed by atoms with Crippen molar-refractivity contribution in [3.8, 4) is 5.75 Å². The third kappa shape index (κ3) is 3.33. The van der Waals surface area contributed by atoms with Gasteiger partial charge in [0.2, 0.25) is 0 Å². The lowest BCUT2D eigenvalue weighted by Crippen LogP contribution is -1.98. The molecule has 4 heteroatoms. The zero-order chi connectivity index (χ0) is 12.3. The number of rotatable bonds is 3. The van der Waals surface area contributed by atoms with E-state index < -0.39 is 0 Å². The molecular weight excluding hydrogens is 353 g/mol. The fourth-order valence-electron chi connectivity index (χ4n) is 1.37. The molecule has 0 amide bonds. The van der Waals surface area contributed by atoms with Gasteiger partial charge in [-0.15, -0.1) is 0 Å². The lowest BCUT2D eigenvalue weighted by molar-refractivity contribution is 0.303. The lowest BCUT2D eigenvalue weighted by Gasteiger charge is -2.09. The van der Waals surface area contributed by atoms with E-state index in [1.165, 1.54) is 18.2 Å². The molecule has 0 heterocycles. The summed E-state index contributed by atoms with van der Waals surface area (Å²) < 4.78 is 19.6. The molecule has 0 aliphatic carbocycles. The van der Waals surface area contributed by atoms with Crippen LogP contribution in [0.3, 0.4) is 0 Å². The Morgan fingerprint density at radius 3 is 2.71 bits per heavy atom. The van der Waals surface area contributed by atoms with Gasteiger partial charge in [-0.3, -0.25) is 0 Å². The first-order valence-corrected chi connectivity index (χ1v) is 6.44.